The maximum Gasteiger partial charge on any atom is 0.337 e. The molecular weight excluding hydrogens is 444 g/mol. The summed E-state index contributed by atoms with van der Waals surface area (Å²) in [7, 11) is 0. The van der Waals surface area contributed by atoms with Crippen molar-refractivity contribution in [3.05, 3.63) is 77.9 Å². The average molecular weight is 469 g/mol. The van der Waals surface area contributed by atoms with E-state index >= 15 is 0 Å². The summed E-state index contributed by atoms with van der Waals surface area (Å²) in [6, 6.07) is 18.7. The summed E-state index contributed by atoms with van der Waals surface area (Å²) >= 11 is 0. The van der Waals surface area contributed by atoms with E-state index in [1.807, 2.05) is 30.3 Å². The SMILES string of the molecule is Cl.O=C(Nc1cc(-c2ccccc2)ccc1C(=O)O)c1cc(OCCN2CCC2)ccc1O. The van der Waals surface area contributed by atoms with Crippen LogP contribution in [0, 0.1) is 0 Å². The maximum atomic E-state index is 12.9. The van der Waals surface area contributed by atoms with Crippen molar-refractivity contribution in [1.82, 2.24) is 4.90 Å². The zero-order chi connectivity index (χ0) is 22.5. The molecule has 1 aliphatic heterocycles. The van der Waals surface area contributed by atoms with E-state index in [2.05, 4.69) is 10.2 Å². The highest BCUT2D eigenvalue weighted by Gasteiger charge is 2.18. The highest BCUT2D eigenvalue weighted by Crippen LogP contribution is 2.28. The van der Waals surface area contributed by atoms with Crippen LogP contribution in [-0.2, 0) is 0 Å². The van der Waals surface area contributed by atoms with E-state index in [4.69, 9.17) is 4.74 Å². The van der Waals surface area contributed by atoms with E-state index < -0.39 is 11.9 Å². The lowest BCUT2D eigenvalue weighted by molar-refractivity contribution is 0.0698. The molecule has 0 spiro atoms. The molecule has 0 aliphatic carbocycles. The van der Waals surface area contributed by atoms with Crippen LogP contribution in [0.2, 0.25) is 0 Å². The van der Waals surface area contributed by atoms with E-state index in [0.29, 0.717) is 12.4 Å². The quantitative estimate of drug-likeness (QED) is 0.449. The molecule has 0 atom stereocenters. The molecule has 0 radical (unpaired) electrons. The van der Waals surface area contributed by atoms with Gasteiger partial charge in [0.2, 0.25) is 0 Å². The van der Waals surface area contributed by atoms with Gasteiger partial charge in [-0.25, -0.2) is 4.79 Å². The first-order valence-corrected chi connectivity index (χ1v) is 10.4. The number of nitrogens with one attached hydrogen (secondary N) is 1. The molecule has 3 aromatic rings. The zero-order valence-corrected chi connectivity index (χ0v) is 18.7. The van der Waals surface area contributed by atoms with E-state index in [9.17, 15) is 19.8 Å². The van der Waals surface area contributed by atoms with E-state index in [0.717, 1.165) is 30.8 Å². The molecule has 0 bridgehead atoms. The minimum absolute atomic E-state index is 0. The molecule has 0 unspecified atom stereocenters. The summed E-state index contributed by atoms with van der Waals surface area (Å²) in [5, 5.41) is 22.4. The van der Waals surface area contributed by atoms with Gasteiger partial charge in [0.1, 0.15) is 18.1 Å². The molecule has 33 heavy (non-hydrogen) atoms. The number of nitrogens with zero attached hydrogens (tertiary/aromatic N) is 1. The average Bonchev–Trinajstić information content (AvgIpc) is 2.76. The molecule has 4 rings (SSSR count). The first-order valence-electron chi connectivity index (χ1n) is 10.4. The number of carbonyl (C=O) groups excluding carboxylic acids is 1. The smallest absolute Gasteiger partial charge is 0.337 e. The van der Waals surface area contributed by atoms with Crippen molar-refractivity contribution in [3.8, 4) is 22.6 Å². The number of aromatic hydroxyl groups is 1. The predicted octanol–water partition coefficient (Wildman–Crippen LogP) is 4.52. The van der Waals surface area contributed by atoms with Gasteiger partial charge in [0.15, 0.2) is 0 Å². The molecule has 0 aromatic heterocycles. The van der Waals surface area contributed by atoms with Gasteiger partial charge < -0.3 is 20.3 Å². The van der Waals surface area contributed by atoms with Crippen LogP contribution in [0.4, 0.5) is 5.69 Å². The Bertz CT molecular complexity index is 1130. The van der Waals surface area contributed by atoms with Gasteiger partial charge in [-0.05, 0) is 61.0 Å². The van der Waals surface area contributed by atoms with Crippen molar-refractivity contribution in [1.29, 1.82) is 0 Å². The van der Waals surface area contributed by atoms with Crippen LogP contribution in [0.15, 0.2) is 66.7 Å². The number of phenolic OH excluding ortho intramolecular Hbond substituents is 1. The molecule has 1 amide bonds. The normalized spacial score (nSPS) is 12.8. The van der Waals surface area contributed by atoms with Crippen LogP contribution >= 0.6 is 12.4 Å². The summed E-state index contributed by atoms with van der Waals surface area (Å²) < 4.78 is 5.72. The molecule has 1 fully saturated rings. The lowest BCUT2D eigenvalue weighted by Crippen LogP contribution is -2.39. The Labute approximate surface area is 198 Å². The molecule has 8 heteroatoms. The molecule has 1 saturated heterocycles. The van der Waals surface area contributed by atoms with E-state index in [1.54, 1.807) is 18.2 Å². The molecule has 1 aliphatic rings. The van der Waals surface area contributed by atoms with E-state index in [1.165, 1.54) is 24.6 Å². The zero-order valence-electron chi connectivity index (χ0n) is 17.9. The van der Waals surface area contributed by atoms with Gasteiger partial charge >= 0.3 is 5.97 Å². The highest BCUT2D eigenvalue weighted by atomic mass is 35.5. The number of rotatable bonds is 8. The first-order chi connectivity index (χ1) is 15.5. The van der Waals surface area contributed by atoms with Crippen LogP contribution in [-0.4, -0.2) is 53.2 Å². The van der Waals surface area contributed by atoms with Crippen LogP contribution in [0.1, 0.15) is 27.1 Å². The maximum absolute atomic E-state index is 12.9. The number of hydrogen-bond donors (Lipinski definition) is 3. The number of carbonyl (C=O) groups is 2. The minimum Gasteiger partial charge on any atom is -0.507 e. The second kappa shape index (κ2) is 10.8. The number of halogens is 1. The van der Waals surface area contributed by atoms with Crippen molar-refractivity contribution in [2.45, 2.75) is 6.42 Å². The van der Waals surface area contributed by atoms with Crippen molar-refractivity contribution < 1.29 is 24.5 Å². The van der Waals surface area contributed by atoms with Gasteiger partial charge in [0.05, 0.1) is 16.8 Å². The second-order valence-corrected chi connectivity index (χ2v) is 7.61. The fraction of sp³-hybridized carbons (Fsp3) is 0.200. The molecule has 7 nitrogen and oxygen atoms in total. The third kappa shape index (κ3) is 5.83. The van der Waals surface area contributed by atoms with Crippen LogP contribution in [0.3, 0.4) is 0 Å². The molecule has 0 saturated carbocycles. The Morgan fingerprint density at radius 2 is 1.70 bits per heavy atom. The lowest BCUT2D eigenvalue weighted by Gasteiger charge is -2.30. The number of anilines is 1. The van der Waals surface area contributed by atoms with Crippen LogP contribution in [0.25, 0.3) is 11.1 Å². The van der Waals surface area contributed by atoms with Gasteiger partial charge in [-0.1, -0.05) is 36.4 Å². The molecule has 3 N–H and O–H groups in total. The van der Waals surface area contributed by atoms with E-state index in [-0.39, 0.29) is 35.0 Å². The van der Waals surface area contributed by atoms with Crippen molar-refractivity contribution in [2.24, 2.45) is 0 Å². The summed E-state index contributed by atoms with van der Waals surface area (Å²) in [5.74, 6) is -1.53. The number of phenols is 1. The highest BCUT2D eigenvalue weighted by molar-refractivity contribution is 6.09. The Balaban J connectivity index is 0.00000306. The molecular formula is C25H25ClN2O5. The Morgan fingerprint density at radius 1 is 0.939 bits per heavy atom. The van der Waals surface area contributed by atoms with Gasteiger partial charge in [-0.3, -0.25) is 9.69 Å². The Morgan fingerprint density at radius 3 is 2.36 bits per heavy atom. The number of carboxylic acid groups (broad SMARTS) is 1. The number of ether oxygens (including phenoxy) is 1. The number of amides is 1. The number of aromatic carboxylic acids is 1. The van der Waals surface area contributed by atoms with Crippen molar-refractivity contribution >= 4 is 30.0 Å². The third-order valence-corrected chi connectivity index (χ3v) is 5.44. The summed E-state index contributed by atoms with van der Waals surface area (Å²) in [6.45, 7) is 3.42. The molecule has 3 aromatic carbocycles. The number of carboxylic acids is 1. The first kappa shape index (κ1) is 24.1. The standard InChI is InChI=1S/C25H24N2O5.ClH/c28-23-10-8-19(32-14-13-27-11-4-12-27)16-21(23)24(29)26-22-15-18(7-9-20(22)25(30)31)17-5-2-1-3-6-17;/h1-3,5-10,15-16,28H,4,11-14H2,(H,26,29)(H,30,31);1H. The third-order valence-electron chi connectivity index (χ3n) is 5.44. The topological polar surface area (TPSA) is 99.1 Å². The number of benzene rings is 3. The fourth-order valence-electron chi connectivity index (χ4n) is 3.52. The Kier molecular flexibility index (Phi) is 7.92. The lowest BCUT2D eigenvalue weighted by atomic mass is 10.0. The minimum atomic E-state index is -1.16. The van der Waals surface area contributed by atoms with Crippen LogP contribution in [0.5, 0.6) is 11.5 Å². The van der Waals surface area contributed by atoms with Gasteiger partial charge in [0, 0.05) is 6.54 Å². The van der Waals surface area contributed by atoms with Crippen molar-refractivity contribution in [2.75, 3.05) is 31.6 Å². The van der Waals surface area contributed by atoms with Gasteiger partial charge in [-0.15, -0.1) is 12.4 Å². The largest absolute Gasteiger partial charge is 0.507 e. The summed E-state index contributed by atoms with van der Waals surface area (Å²) in [4.78, 5) is 26.9. The summed E-state index contributed by atoms with van der Waals surface area (Å²) in [5.41, 5.74) is 1.76. The molecule has 172 valence electrons. The summed E-state index contributed by atoms with van der Waals surface area (Å²) in [6.07, 6.45) is 1.20. The Hall–Kier alpha value is -3.55. The molecule has 1 heterocycles. The monoisotopic (exact) mass is 468 g/mol. The van der Waals surface area contributed by atoms with Crippen molar-refractivity contribution in [3.63, 3.8) is 0 Å². The number of likely N-dealkylation sites (tertiary alicyclic amines) is 1. The second-order valence-electron chi connectivity index (χ2n) is 7.61. The predicted molar refractivity (Wildman–Crippen MR) is 129 cm³/mol. The van der Waals surface area contributed by atoms with Gasteiger partial charge in [0.25, 0.3) is 5.91 Å². The van der Waals surface area contributed by atoms with Crippen LogP contribution < -0.4 is 10.1 Å². The van der Waals surface area contributed by atoms with Gasteiger partial charge in [-0.2, -0.15) is 0 Å². The number of hydrogen-bond acceptors (Lipinski definition) is 5. The fourth-order valence-corrected chi connectivity index (χ4v) is 3.52.